The number of carbonyl (C=O) groups excluding carboxylic acids is 1. The standard InChI is InChI=1S/C14H8F2N2OS/c15-9-2-3-10(16)12(6-9)18-14(19)8-1-4-11-13(5-8)20-7-17-11/h1-7H,(H,18,19). The summed E-state index contributed by atoms with van der Waals surface area (Å²) in [7, 11) is 0. The van der Waals surface area contributed by atoms with Crippen LogP contribution < -0.4 is 5.32 Å². The molecule has 0 radical (unpaired) electrons. The number of hydrogen-bond acceptors (Lipinski definition) is 3. The highest BCUT2D eigenvalue weighted by Gasteiger charge is 2.11. The minimum atomic E-state index is -0.682. The lowest BCUT2D eigenvalue weighted by Gasteiger charge is -2.06. The molecule has 0 aliphatic heterocycles. The zero-order valence-electron chi connectivity index (χ0n) is 10.1. The van der Waals surface area contributed by atoms with Gasteiger partial charge < -0.3 is 5.32 Å². The molecular formula is C14H8F2N2OS. The van der Waals surface area contributed by atoms with Crippen LogP contribution in [0.5, 0.6) is 0 Å². The predicted octanol–water partition coefficient (Wildman–Crippen LogP) is 3.83. The summed E-state index contributed by atoms with van der Waals surface area (Å²) < 4.78 is 27.4. The monoisotopic (exact) mass is 290 g/mol. The van der Waals surface area contributed by atoms with Crippen LogP contribution in [0.25, 0.3) is 10.2 Å². The van der Waals surface area contributed by atoms with Crippen molar-refractivity contribution in [3.8, 4) is 0 Å². The fourth-order valence-electron chi connectivity index (χ4n) is 1.78. The van der Waals surface area contributed by atoms with Gasteiger partial charge in [-0.2, -0.15) is 0 Å². The lowest BCUT2D eigenvalue weighted by Crippen LogP contribution is -2.13. The Morgan fingerprint density at radius 2 is 2.00 bits per heavy atom. The van der Waals surface area contributed by atoms with E-state index in [2.05, 4.69) is 10.3 Å². The van der Waals surface area contributed by atoms with Gasteiger partial charge in [0.15, 0.2) is 0 Å². The third-order valence-corrected chi connectivity index (χ3v) is 3.56. The van der Waals surface area contributed by atoms with E-state index in [9.17, 15) is 13.6 Å². The number of fused-ring (bicyclic) bond motifs is 1. The smallest absolute Gasteiger partial charge is 0.255 e. The molecule has 0 spiro atoms. The first-order valence-corrected chi connectivity index (χ1v) is 6.61. The van der Waals surface area contributed by atoms with Gasteiger partial charge in [-0.1, -0.05) is 0 Å². The minimum absolute atomic E-state index is 0.181. The van der Waals surface area contributed by atoms with Crippen LogP contribution in [-0.4, -0.2) is 10.9 Å². The van der Waals surface area contributed by atoms with Crippen molar-refractivity contribution in [2.24, 2.45) is 0 Å². The molecular weight excluding hydrogens is 282 g/mol. The first-order chi connectivity index (χ1) is 9.63. The van der Waals surface area contributed by atoms with E-state index in [1.165, 1.54) is 11.3 Å². The first kappa shape index (κ1) is 12.7. The molecule has 3 aromatic rings. The normalized spacial score (nSPS) is 10.7. The number of aromatic nitrogens is 1. The van der Waals surface area contributed by atoms with Gasteiger partial charge in [0, 0.05) is 11.6 Å². The number of thiazole rings is 1. The maximum atomic E-state index is 13.5. The number of rotatable bonds is 2. The third kappa shape index (κ3) is 2.37. The molecule has 1 amide bonds. The number of anilines is 1. The molecule has 6 heteroatoms. The van der Waals surface area contributed by atoms with Crippen LogP contribution >= 0.6 is 11.3 Å². The number of nitrogens with one attached hydrogen (secondary N) is 1. The van der Waals surface area contributed by atoms with Crippen molar-refractivity contribution in [3.05, 3.63) is 59.1 Å². The average Bonchev–Trinajstić information content (AvgIpc) is 2.90. The van der Waals surface area contributed by atoms with E-state index in [0.29, 0.717) is 5.56 Å². The van der Waals surface area contributed by atoms with E-state index < -0.39 is 17.5 Å². The van der Waals surface area contributed by atoms with Gasteiger partial charge in [0.1, 0.15) is 11.6 Å². The molecule has 0 bridgehead atoms. The summed E-state index contributed by atoms with van der Waals surface area (Å²) in [5, 5.41) is 2.35. The quantitative estimate of drug-likeness (QED) is 0.779. The second-order valence-electron chi connectivity index (χ2n) is 4.11. The Balaban J connectivity index is 1.90. The number of benzene rings is 2. The van der Waals surface area contributed by atoms with Gasteiger partial charge in [-0.15, -0.1) is 11.3 Å². The molecule has 1 heterocycles. The Bertz CT molecular complexity index is 801. The van der Waals surface area contributed by atoms with E-state index in [1.54, 1.807) is 23.7 Å². The van der Waals surface area contributed by atoms with Crippen LogP contribution in [0.1, 0.15) is 10.4 Å². The Hall–Kier alpha value is -2.34. The Labute approximate surface area is 116 Å². The number of amides is 1. The minimum Gasteiger partial charge on any atom is -0.319 e. The molecule has 100 valence electrons. The molecule has 1 aromatic heterocycles. The summed E-state index contributed by atoms with van der Waals surface area (Å²) in [6, 6.07) is 7.88. The summed E-state index contributed by atoms with van der Waals surface area (Å²) in [4.78, 5) is 16.1. The Morgan fingerprint density at radius 3 is 2.85 bits per heavy atom. The maximum Gasteiger partial charge on any atom is 0.255 e. The highest BCUT2D eigenvalue weighted by atomic mass is 32.1. The van der Waals surface area contributed by atoms with Crippen LogP contribution in [0, 0.1) is 11.6 Å². The van der Waals surface area contributed by atoms with Crippen molar-refractivity contribution in [2.75, 3.05) is 5.32 Å². The second kappa shape index (κ2) is 4.97. The van der Waals surface area contributed by atoms with E-state index in [1.807, 2.05) is 0 Å². The van der Waals surface area contributed by atoms with Gasteiger partial charge in [0.05, 0.1) is 21.4 Å². The molecule has 0 saturated heterocycles. The van der Waals surface area contributed by atoms with E-state index >= 15 is 0 Å². The summed E-state index contributed by atoms with van der Waals surface area (Å²) in [6.45, 7) is 0. The zero-order chi connectivity index (χ0) is 14.1. The molecule has 0 aliphatic carbocycles. The summed E-state index contributed by atoms with van der Waals surface area (Å²) in [6.07, 6.45) is 0. The summed E-state index contributed by atoms with van der Waals surface area (Å²) in [5.41, 5.74) is 2.66. The maximum absolute atomic E-state index is 13.5. The number of halogens is 2. The van der Waals surface area contributed by atoms with Gasteiger partial charge in [-0.25, -0.2) is 13.8 Å². The predicted molar refractivity (Wildman–Crippen MR) is 73.9 cm³/mol. The molecule has 0 unspecified atom stereocenters. The molecule has 0 saturated carbocycles. The van der Waals surface area contributed by atoms with Crippen LogP contribution in [0.2, 0.25) is 0 Å². The SMILES string of the molecule is O=C(Nc1cc(F)ccc1F)c1ccc2ncsc2c1. The van der Waals surface area contributed by atoms with Crippen molar-refractivity contribution in [1.29, 1.82) is 0 Å². The molecule has 20 heavy (non-hydrogen) atoms. The fraction of sp³-hybridized carbons (Fsp3) is 0. The van der Waals surface area contributed by atoms with Crippen LogP contribution in [0.3, 0.4) is 0 Å². The Morgan fingerprint density at radius 1 is 1.15 bits per heavy atom. The Kier molecular flexibility index (Phi) is 3.15. The average molecular weight is 290 g/mol. The lowest BCUT2D eigenvalue weighted by atomic mass is 10.2. The van der Waals surface area contributed by atoms with Crippen molar-refractivity contribution in [2.45, 2.75) is 0 Å². The van der Waals surface area contributed by atoms with Crippen molar-refractivity contribution in [1.82, 2.24) is 4.98 Å². The van der Waals surface area contributed by atoms with E-state index in [4.69, 9.17) is 0 Å². The molecule has 0 fully saturated rings. The van der Waals surface area contributed by atoms with Gasteiger partial charge in [-0.3, -0.25) is 4.79 Å². The van der Waals surface area contributed by atoms with Crippen molar-refractivity contribution in [3.63, 3.8) is 0 Å². The lowest BCUT2D eigenvalue weighted by molar-refractivity contribution is 0.102. The number of carbonyl (C=O) groups is 1. The van der Waals surface area contributed by atoms with Gasteiger partial charge in [0.2, 0.25) is 0 Å². The second-order valence-corrected chi connectivity index (χ2v) is 5.00. The highest BCUT2D eigenvalue weighted by Crippen LogP contribution is 2.21. The molecule has 3 rings (SSSR count). The van der Waals surface area contributed by atoms with Crippen molar-refractivity contribution < 1.29 is 13.6 Å². The number of hydrogen-bond donors (Lipinski definition) is 1. The van der Waals surface area contributed by atoms with Crippen LogP contribution in [-0.2, 0) is 0 Å². The van der Waals surface area contributed by atoms with Gasteiger partial charge in [-0.05, 0) is 30.3 Å². The van der Waals surface area contributed by atoms with E-state index in [0.717, 1.165) is 28.4 Å². The van der Waals surface area contributed by atoms with Crippen molar-refractivity contribution >= 4 is 33.1 Å². The molecule has 0 aliphatic rings. The third-order valence-electron chi connectivity index (χ3n) is 2.77. The largest absolute Gasteiger partial charge is 0.319 e. The summed E-state index contributed by atoms with van der Waals surface area (Å²) >= 11 is 1.41. The molecule has 1 N–H and O–H groups in total. The number of nitrogens with zero attached hydrogens (tertiary/aromatic N) is 1. The van der Waals surface area contributed by atoms with E-state index in [-0.39, 0.29) is 5.69 Å². The summed E-state index contributed by atoms with van der Waals surface area (Å²) in [5.74, 6) is -1.79. The molecule has 3 nitrogen and oxygen atoms in total. The van der Waals surface area contributed by atoms with Gasteiger partial charge in [0.25, 0.3) is 5.91 Å². The van der Waals surface area contributed by atoms with Crippen LogP contribution in [0.15, 0.2) is 41.9 Å². The first-order valence-electron chi connectivity index (χ1n) is 5.73. The molecule has 0 atom stereocenters. The highest BCUT2D eigenvalue weighted by molar-refractivity contribution is 7.16. The zero-order valence-corrected chi connectivity index (χ0v) is 10.9. The fourth-order valence-corrected chi connectivity index (χ4v) is 2.50. The van der Waals surface area contributed by atoms with Gasteiger partial charge >= 0.3 is 0 Å². The van der Waals surface area contributed by atoms with Crippen LogP contribution in [0.4, 0.5) is 14.5 Å². The molecule has 2 aromatic carbocycles. The topological polar surface area (TPSA) is 42.0 Å².